The van der Waals surface area contributed by atoms with Gasteiger partial charge in [0.15, 0.2) is 0 Å². The van der Waals surface area contributed by atoms with Gasteiger partial charge >= 0.3 is 0 Å². The molecule has 0 spiro atoms. The smallest absolute Gasteiger partial charge is 0.00895 e. The van der Waals surface area contributed by atoms with Crippen LogP contribution in [-0.2, 0) is 0 Å². The summed E-state index contributed by atoms with van der Waals surface area (Å²) in [6.45, 7) is 2.33. The quantitative estimate of drug-likeness (QED) is 0.302. The van der Waals surface area contributed by atoms with Gasteiger partial charge in [-0.3, -0.25) is 0 Å². The highest BCUT2D eigenvalue weighted by Gasteiger charge is 2.30. The SMILES string of the molecule is CCCCCC1CCC(C2CCC(/C=C/C3CCC(N(C)C)CC3)CC2)CC1. The minimum Gasteiger partial charge on any atom is -0.306 e. The maximum Gasteiger partial charge on any atom is 0.00895 e. The number of rotatable bonds is 8. The number of hydrogen-bond donors (Lipinski definition) is 0. The monoisotopic (exact) mass is 387 g/mol. The molecule has 0 radical (unpaired) electrons. The highest BCUT2D eigenvalue weighted by molar-refractivity contribution is 4.97. The summed E-state index contributed by atoms with van der Waals surface area (Å²) in [5.41, 5.74) is 0. The minimum atomic E-state index is 0.835. The van der Waals surface area contributed by atoms with Gasteiger partial charge in [0.05, 0.1) is 0 Å². The lowest BCUT2D eigenvalue weighted by Gasteiger charge is -2.37. The second-order valence-corrected chi connectivity index (χ2v) is 10.9. The van der Waals surface area contributed by atoms with Crippen molar-refractivity contribution in [2.24, 2.45) is 29.6 Å². The molecule has 3 rings (SSSR count). The van der Waals surface area contributed by atoms with E-state index in [0.717, 1.165) is 35.6 Å². The van der Waals surface area contributed by atoms with Crippen molar-refractivity contribution in [2.75, 3.05) is 14.1 Å². The van der Waals surface area contributed by atoms with Crippen molar-refractivity contribution in [3.8, 4) is 0 Å². The Morgan fingerprint density at radius 3 is 1.64 bits per heavy atom. The zero-order valence-electron chi connectivity index (χ0n) is 19.4. The average molecular weight is 388 g/mol. The van der Waals surface area contributed by atoms with Crippen molar-refractivity contribution < 1.29 is 0 Å². The molecule has 0 heterocycles. The molecule has 3 aliphatic rings. The Bertz CT molecular complexity index is 429. The van der Waals surface area contributed by atoms with E-state index >= 15 is 0 Å². The zero-order valence-corrected chi connectivity index (χ0v) is 19.4. The van der Waals surface area contributed by atoms with Gasteiger partial charge in [0.2, 0.25) is 0 Å². The molecule has 3 fully saturated rings. The van der Waals surface area contributed by atoms with Crippen LogP contribution in [0.25, 0.3) is 0 Å². The first-order valence-electron chi connectivity index (χ1n) is 13.0. The molecule has 0 atom stereocenters. The van der Waals surface area contributed by atoms with Crippen LogP contribution in [0, 0.1) is 29.6 Å². The summed E-state index contributed by atoms with van der Waals surface area (Å²) in [7, 11) is 4.50. The summed E-state index contributed by atoms with van der Waals surface area (Å²) in [6.07, 6.45) is 28.9. The van der Waals surface area contributed by atoms with Crippen LogP contribution in [-0.4, -0.2) is 25.0 Å². The molecule has 28 heavy (non-hydrogen) atoms. The van der Waals surface area contributed by atoms with Crippen molar-refractivity contribution >= 4 is 0 Å². The van der Waals surface area contributed by atoms with Gasteiger partial charge in [-0.25, -0.2) is 0 Å². The third-order valence-electron chi connectivity index (χ3n) is 8.72. The maximum absolute atomic E-state index is 2.64. The first kappa shape index (κ1) is 22.4. The van der Waals surface area contributed by atoms with E-state index in [9.17, 15) is 0 Å². The van der Waals surface area contributed by atoms with Crippen molar-refractivity contribution in [1.82, 2.24) is 4.90 Å². The van der Waals surface area contributed by atoms with E-state index in [1.807, 2.05) is 0 Å². The Morgan fingerprint density at radius 2 is 1.14 bits per heavy atom. The van der Waals surface area contributed by atoms with Crippen LogP contribution in [0.5, 0.6) is 0 Å². The van der Waals surface area contributed by atoms with Gasteiger partial charge < -0.3 is 4.90 Å². The standard InChI is InChI=1S/C27H49N/c1-4-5-6-7-22-10-16-25(17-11-22)26-18-12-23(13-19-26)8-9-24-14-20-27(21-15-24)28(2)3/h8-9,22-27H,4-7,10-21H2,1-3H3/b9-8+. The molecule has 1 nitrogen and oxygen atoms in total. The largest absolute Gasteiger partial charge is 0.306 e. The fraction of sp³-hybridized carbons (Fsp3) is 0.926. The van der Waals surface area contributed by atoms with Crippen LogP contribution < -0.4 is 0 Å². The van der Waals surface area contributed by atoms with Gasteiger partial charge in [0.1, 0.15) is 0 Å². The fourth-order valence-electron chi connectivity index (χ4n) is 6.56. The van der Waals surface area contributed by atoms with E-state index in [-0.39, 0.29) is 0 Å². The first-order chi connectivity index (χ1) is 13.7. The van der Waals surface area contributed by atoms with E-state index in [2.05, 4.69) is 38.1 Å². The molecule has 0 saturated heterocycles. The number of hydrogen-bond acceptors (Lipinski definition) is 1. The van der Waals surface area contributed by atoms with Gasteiger partial charge in [0, 0.05) is 6.04 Å². The van der Waals surface area contributed by atoms with Crippen molar-refractivity contribution in [2.45, 2.75) is 116 Å². The van der Waals surface area contributed by atoms with Crippen molar-refractivity contribution in [3.05, 3.63) is 12.2 Å². The van der Waals surface area contributed by atoms with E-state index in [1.165, 1.54) is 77.0 Å². The van der Waals surface area contributed by atoms with E-state index in [0.29, 0.717) is 0 Å². The van der Waals surface area contributed by atoms with Gasteiger partial charge in [-0.2, -0.15) is 0 Å². The second kappa shape index (κ2) is 11.8. The second-order valence-electron chi connectivity index (χ2n) is 10.9. The van der Waals surface area contributed by atoms with Crippen LogP contribution in [0.2, 0.25) is 0 Å². The normalized spacial score (nSPS) is 37.6. The summed E-state index contributed by atoms with van der Waals surface area (Å²) in [5.74, 6) is 4.99. The van der Waals surface area contributed by atoms with E-state index in [4.69, 9.17) is 0 Å². The topological polar surface area (TPSA) is 3.24 Å². The summed E-state index contributed by atoms with van der Waals surface area (Å²) in [5, 5.41) is 0. The fourth-order valence-corrected chi connectivity index (χ4v) is 6.56. The van der Waals surface area contributed by atoms with Gasteiger partial charge in [-0.1, -0.05) is 57.6 Å². The summed E-state index contributed by atoms with van der Waals surface area (Å²) in [6, 6.07) is 0.835. The van der Waals surface area contributed by atoms with Gasteiger partial charge in [0.25, 0.3) is 0 Å². The molecular formula is C27H49N. The Labute approximate surface area is 176 Å². The highest BCUT2D eigenvalue weighted by atomic mass is 15.1. The summed E-state index contributed by atoms with van der Waals surface area (Å²) >= 11 is 0. The molecule has 0 unspecified atom stereocenters. The molecule has 0 amide bonds. The van der Waals surface area contributed by atoms with Crippen LogP contribution in [0.3, 0.4) is 0 Å². The lowest BCUT2D eigenvalue weighted by Crippen LogP contribution is -2.31. The Hall–Kier alpha value is -0.300. The average Bonchev–Trinajstić information content (AvgIpc) is 2.74. The third-order valence-corrected chi connectivity index (χ3v) is 8.72. The highest BCUT2D eigenvalue weighted by Crippen LogP contribution is 2.42. The zero-order chi connectivity index (χ0) is 19.8. The predicted octanol–water partition coefficient (Wildman–Crippen LogP) is 7.86. The predicted molar refractivity (Wildman–Crippen MR) is 124 cm³/mol. The van der Waals surface area contributed by atoms with Crippen LogP contribution in [0.4, 0.5) is 0 Å². The molecule has 0 bridgehead atoms. The number of unbranched alkanes of at least 4 members (excludes halogenated alkanes) is 2. The summed E-state index contributed by atoms with van der Waals surface area (Å²) < 4.78 is 0. The molecule has 3 aliphatic carbocycles. The van der Waals surface area contributed by atoms with Crippen molar-refractivity contribution in [1.29, 1.82) is 0 Å². The number of allylic oxidation sites excluding steroid dienone is 2. The Kier molecular flexibility index (Phi) is 9.41. The minimum absolute atomic E-state index is 0.835. The molecule has 0 aromatic carbocycles. The van der Waals surface area contributed by atoms with E-state index < -0.39 is 0 Å². The molecule has 0 aromatic rings. The van der Waals surface area contributed by atoms with Crippen LogP contribution >= 0.6 is 0 Å². The van der Waals surface area contributed by atoms with Crippen LogP contribution in [0.1, 0.15) is 110 Å². The molecule has 3 saturated carbocycles. The third kappa shape index (κ3) is 6.89. The Morgan fingerprint density at radius 1 is 0.643 bits per heavy atom. The van der Waals surface area contributed by atoms with Gasteiger partial charge in [-0.15, -0.1) is 0 Å². The first-order valence-corrected chi connectivity index (χ1v) is 13.0. The lowest BCUT2D eigenvalue weighted by atomic mass is 9.68. The summed E-state index contributed by atoms with van der Waals surface area (Å²) in [4.78, 5) is 2.43. The Balaban J connectivity index is 1.31. The maximum atomic E-state index is 2.64. The molecule has 162 valence electrons. The lowest BCUT2D eigenvalue weighted by molar-refractivity contribution is 0.151. The van der Waals surface area contributed by atoms with Crippen LogP contribution in [0.15, 0.2) is 12.2 Å². The molecule has 1 heteroatoms. The molecule has 0 aliphatic heterocycles. The van der Waals surface area contributed by atoms with Gasteiger partial charge in [-0.05, 0) is 108 Å². The molecule has 0 N–H and O–H groups in total. The van der Waals surface area contributed by atoms with Crippen molar-refractivity contribution in [3.63, 3.8) is 0 Å². The number of nitrogens with zero attached hydrogens (tertiary/aromatic N) is 1. The van der Waals surface area contributed by atoms with E-state index in [1.54, 1.807) is 25.7 Å². The molecule has 0 aromatic heterocycles. The molecular weight excluding hydrogens is 338 g/mol.